The van der Waals surface area contributed by atoms with Gasteiger partial charge in [-0.05, 0) is 42.2 Å². The molecule has 0 aromatic heterocycles. The number of fused-ring (bicyclic) bond motifs is 1. The predicted octanol–water partition coefficient (Wildman–Crippen LogP) is 3.65. The average molecular weight is 346 g/mol. The molecule has 1 aliphatic heterocycles. The first-order chi connectivity index (χ1) is 11.6. The number of nitrogens with one attached hydrogen (secondary N) is 1. The molecule has 5 heteroatoms. The van der Waals surface area contributed by atoms with E-state index in [0.717, 1.165) is 18.4 Å². The van der Waals surface area contributed by atoms with E-state index in [4.69, 9.17) is 16.3 Å². The highest BCUT2D eigenvalue weighted by molar-refractivity contribution is 6.33. The zero-order chi connectivity index (χ0) is 17.2. The van der Waals surface area contributed by atoms with Gasteiger partial charge < -0.3 is 15.2 Å². The maximum absolute atomic E-state index is 12.5. The second-order valence-electron chi connectivity index (χ2n) is 5.95. The number of ether oxygens (including phenoxy) is 1. The summed E-state index contributed by atoms with van der Waals surface area (Å²) in [4.78, 5) is 12.5. The summed E-state index contributed by atoms with van der Waals surface area (Å²) in [7, 11) is 0. The summed E-state index contributed by atoms with van der Waals surface area (Å²) in [5.74, 6) is -0.315. The van der Waals surface area contributed by atoms with Gasteiger partial charge in [-0.2, -0.15) is 0 Å². The normalized spacial score (nSPS) is 19.6. The molecule has 0 fully saturated rings. The monoisotopic (exact) mass is 345 g/mol. The summed E-state index contributed by atoms with van der Waals surface area (Å²) in [6.45, 7) is 3.04. The van der Waals surface area contributed by atoms with Crippen LogP contribution in [0, 0.1) is 0 Å². The molecule has 2 aromatic carbocycles. The average Bonchev–Trinajstić information content (AvgIpc) is 2.61. The van der Waals surface area contributed by atoms with Gasteiger partial charge in [0.2, 0.25) is 0 Å². The molecule has 0 radical (unpaired) electrons. The van der Waals surface area contributed by atoms with Gasteiger partial charge in [0.25, 0.3) is 5.91 Å². The van der Waals surface area contributed by atoms with Gasteiger partial charge in [-0.15, -0.1) is 0 Å². The molecule has 1 unspecified atom stereocenters. The third kappa shape index (κ3) is 3.12. The summed E-state index contributed by atoms with van der Waals surface area (Å²) in [5.41, 5.74) is 2.11. The van der Waals surface area contributed by atoms with Crippen LogP contribution >= 0.6 is 11.6 Å². The van der Waals surface area contributed by atoms with Crippen molar-refractivity contribution in [3.63, 3.8) is 0 Å². The van der Waals surface area contributed by atoms with Crippen molar-refractivity contribution in [3.05, 3.63) is 64.2 Å². The van der Waals surface area contributed by atoms with Gasteiger partial charge in [0.05, 0.1) is 23.7 Å². The molecule has 0 aliphatic carbocycles. The summed E-state index contributed by atoms with van der Waals surface area (Å²) in [5, 5.41) is 12.8. The van der Waals surface area contributed by atoms with Gasteiger partial charge >= 0.3 is 0 Å². The maximum atomic E-state index is 12.5. The van der Waals surface area contributed by atoms with E-state index in [0.29, 0.717) is 18.2 Å². The van der Waals surface area contributed by atoms with Crippen LogP contribution in [0.4, 0.5) is 0 Å². The van der Waals surface area contributed by atoms with Crippen LogP contribution in [0.1, 0.15) is 34.8 Å². The van der Waals surface area contributed by atoms with Crippen molar-refractivity contribution in [1.82, 2.24) is 5.32 Å². The highest BCUT2D eigenvalue weighted by Gasteiger charge is 2.36. The smallest absolute Gasteiger partial charge is 0.253 e. The zero-order valence-electron chi connectivity index (χ0n) is 13.5. The molecule has 2 N–H and O–H groups in total. The number of benzene rings is 2. The number of aromatic hydroxyl groups is 1. The van der Waals surface area contributed by atoms with Crippen LogP contribution in [-0.4, -0.2) is 24.2 Å². The minimum Gasteiger partial charge on any atom is -0.508 e. The first kappa shape index (κ1) is 16.8. The summed E-state index contributed by atoms with van der Waals surface area (Å²) >= 11 is 6.06. The van der Waals surface area contributed by atoms with Crippen LogP contribution in [0.2, 0.25) is 5.02 Å². The number of halogens is 1. The highest BCUT2D eigenvalue weighted by Crippen LogP contribution is 2.35. The number of carbonyl (C=O) groups is 1. The number of amides is 1. The van der Waals surface area contributed by atoms with Crippen molar-refractivity contribution < 1.29 is 14.6 Å². The molecule has 0 saturated carbocycles. The van der Waals surface area contributed by atoms with E-state index < -0.39 is 5.60 Å². The largest absolute Gasteiger partial charge is 0.508 e. The second kappa shape index (κ2) is 6.83. The minimum absolute atomic E-state index is 0.00835. The summed E-state index contributed by atoms with van der Waals surface area (Å²) < 4.78 is 6.08. The van der Waals surface area contributed by atoms with E-state index in [9.17, 15) is 9.90 Å². The molecular weight excluding hydrogens is 326 g/mol. The fourth-order valence-electron chi connectivity index (χ4n) is 3.19. The molecule has 24 heavy (non-hydrogen) atoms. The van der Waals surface area contributed by atoms with Crippen LogP contribution in [0.25, 0.3) is 0 Å². The Morgan fingerprint density at radius 2 is 2.12 bits per heavy atom. The van der Waals surface area contributed by atoms with Crippen molar-refractivity contribution in [2.75, 3.05) is 13.2 Å². The number of hydrogen-bond acceptors (Lipinski definition) is 3. The van der Waals surface area contributed by atoms with E-state index in [2.05, 4.69) is 24.4 Å². The van der Waals surface area contributed by atoms with Crippen LogP contribution in [0.15, 0.2) is 42.5 Å². The SMILES string of the molecule is CCC1(CNC(=O)c2cc(O)ccc2Cl)OCCc2ccccc21. The van der Waals surface area contributed by atoms with Crippen LogP contribution < -0.4 is 5.32 Å². The standard InChI is InChI=1S/C19H20ClNO3/c1-2-19(16-6-4-3-5-13(16)9-10-24-19)12-21-18(23)15-11-14(22)7-8-17(15)20/h3-8,11,22H,2,9-10,12H2,1H3,(H,21,23). The quantitative estimate of drug-likeness (QED) is 0.889. The molecule has 0 saturated heterocycles. The molecule has 1 aliphatic rings. The Bertz CT molecular complexity index is 762. The van der Waals surface area contributed by atoms with E-state index in [1.807, 2.05) is 12.1 Å². The first-order valence-corrected chi connectivity index (χ1v) is 8.42. The topological polar surface area (TPSA) is 58.6 Å². The lowest BCUT2D eigenvalue weighted by Gasteiger charge is -2.38. The number of phenolic OH excluding ortho intramolecular Hbond substituents is 1. The Labute approximate surface area is 146 Å². The lowest BCUT2D eigenvalue weighted by molar-refractivity contribution is -0.0606. The molecule has 1 heterocycles. The van der Waals surface area contributed by atoms with E-state index in [1.165, 1.54) is 23.8 Å². The Balaban J connectivity index is 1.82. The van der Waals surface area contributed by atoms with Crippen molar-refractivity contribution in [1.29, 1.82) is 0 Å². The van der Waals surface area contributed by atoms with Crippen molar-refractivity contribution in [3.8, 4) is 5.75 Å². The second-order valence-corrected chi connectivity index (χ2v) is 6.36. The third-order valence-corrected chi connectivity index (χ3v) is 4.89. The number of hydrogen-bond donors (Lipinski definition) is 2. The molecule has 1 amide bonds. The molecule has 0 bridgehead atoms. The first-order valence-electron chi connectivity index (χ1n) is 8.05. The van der Waals surface area contributed by atoms with Gasteiger partial charge in [-0.25, -0.2) is 0 Å². The van der Waals surface area contributed by atoms with Crippen LogP contribution in [-0.2, 0) is 16.8 Å². The summed E-state index contributed by atoms with van der Waals surface area (Å²) in [6.07, 6.45) is 1.63. The van der Waals surface area contributed by atoms with Crippen LogP contribution in [0.5, 0.6) is 5.75 Å². The van der Waals surface area contributed by atoms with Crippen molar-refractivity contribution in [2.45, 2.75) is 25.4 Å². The Kier molecular flexibility index (Phi) is 4.78. The molecule has 1 atom stereocenters. The minimum atomic E-state index is -0.534. The van der Waals surface area contributed by atoms with E-state index >= 15 is 0 Å². The fraction of sp³-hybridized carbons (Fsp3) is 0.316. The predicted molar refractivity (Wildman–Crippen MR) is 93.5 cm³/mol. The Morgan fingerprint density at radius 1 is 1.33 bits per heavy atom. The molecule has 0 spiro atoms. The maximum Gasteiger partial charge on any atom is 0.253 e. The third-order valence-electron chi connectivity index (χ3n) is 4.56. The number of carbonyl (C=O) groups excluding carboxylic acids is 1. The fourth-order valence-corrected chi connectivity index (χ4v) is 3.39. The lowest BCUT2D eigenvalue weighted by atomic mass is 9.84. The van der Waals surface area contributed by atoms with Gasteiger partial charge in [-0.1, -0.05) is 42.8 Å². The van der Waals surface area contributed by atoms with E-state index in [-0.39, 0.29) is 17.2 Å². The number of rotatable bonds is 4. The highest BCUT2D eigenvalue weighted by atomic mass is 35.5. The molecule has 4 nitrogen and oxygen atoms in total. The molecule has 126 valence electrons. The van der Waals surface area contributed by atoms with Crippen molar-refractivity contribution in [2.24, 2.45) is 0 Å². The summed E-state index contributed by atoms with van der Waals surface area (Å²) in [6, 6.07) is 12.5. The molecule has 2 aromatic rings. The van der Waals surface area contributed by atoms with E-state index in [1.54, 1.807) is 0 Å². The van der Waals surface area contributed by atoms with Gasteiger partial charge in [0.15, 0.2) is 0 Å². The lowest BCUT2D eigenvalue weighted by Crippen LogP contribution is -2.45. The van der Waals surface area contributed by atoms with Gasteiger partial charge in [0, 0.05) is 0 Å². The van der Waals surface area contributed by atoms with Crippen LogP contribution in [0.3, 0.4) is 0 Å². The van der Waals surface area contributed by atoms with Crippen molar-refractivity contribution >= 4 is 17.5 Å². The molecular formula is C19H20ClNO3. The Hall–Kier alpha value is -2.04. The number of phenols is 1. The molecule has 3 rings (SSSR count). The van der Waals surface area contributed by atoms with Gasteiger partial charge in [-0.3, -0.25) is 4.79 Å². The Morgan fingerprint density at radius 3 is 2.92 bits per heavy atom. The zero-order valence-corrected chi connectivity index (χ0v) is 14.3. The van der Waals surface area contributed by atoms with Gasteiger partial charge in [0.1, 0.15) is 11.4 Å².